The minimum Gasteiger partial charge on any atom is -0.451 e. The summed E-state index contributed by atoms with van der Waals surface area (Å²) >= 11 is 6.04. The van der Waals surface area contributed by atoms with E-state index in [1.807, 2.05) is 24.3 Å². The van der Waals surface area contributed by atoms with Gasteiger partial charge in [0.05, 0.1) is 11.8 Å². The zero-order valence-electron chi connectivity index (χ0n) is 19.3. The van der Waals surface area contributed by atoms with E-state index in [9.17, 15) is 4.79 Å². The molecular formula is C24H29ClN4O3Si. The minimum absolute atomic E-state index is 0.190. The van der Waals surface area contributed by atoms with Gasteiger partial charge in [0.25, 0.3) is 0 Å². The molecule has 1 aromatic carbocycles. The van der Waals surface area contributed by atoms with Gasteiger partial charge in [-0.1, -0.05) is 37.8 Å². The molecular weight excluding hydrogens is 456 g/mol. The maximum atomic E-state index is 12.4. The van der Waals surface area contributed by atoms with Gasteiger partial charge in [-0.15, -0.1) is 0 Å². The summed E-state index contributed by atoms with van der Waals surface area (Å²) in [6.07, 6.45) is 4.99. The van der Waals surface area contributed by atoms with E-state index in [-0.39, 0.29) is 17.2 Å². The summed E-state index contributed by atoms with van der Waals surface area (Å²) in [6, 6.07) is 8.86. The number of hydrogen-bond acceptors (Lipinski definition) is 6. The molecule has 9 heteroatoms. The van der Waals surface area contributed by atoms with Crippen molar-refractivity contribution < 1.29 is 14.3 Å². The molecule has 1 aliphatic carbocycles. The summed E-state index contributed by atoms with van der Waals surface area (Å²) in [5.74, 6) is 0.953. The second-order valence-corrected chi connectivity index (χ2v) is 16.3. The highest BCUT2D eigenvalue weighted by atomic mass is 35.5. The van der Waals surface area contributed by atoms with E-state index in [4.69, 9.17) is 26.1 Å². The molecule has 2 aliphatic rings. The van der Waals surface area contributed by atoms with Crippen molar-refractivity contribution in [3.8, 4) is 0 Å². The highest BCUT2D eigenvalue weighted by Gasteiger charge is 2.48. The summed E-state index contributed by atoms with van der Waals surface area (Å²) < 4.78 is 14.1. The highest BCUT2D eigenvalue weighted by Crippen LogP contribution is 2.50. The summed E-state index contributed by atoms with van der Waals surface area (Å²) in [6.45, 7) is 8.17. The number of carbonyl (C=O) groups is 1. The van der Waals surface area contributed by atoms with Crippen LogP contribution >= 0.6 is 11.6 Å². The first-order chi connectivity index (χ1) is 15.8. The quantitative estimate of drug-likeness (QED) is 0.198. The van der Waals surface area contributed by atoms with E-state index in [0.29, 0.717) is 17.9 Å². The molecule has 1 fully saturated rings. The lowest BCUT2D eigenvalue weighted by molar-refractivity contribution is -0.0316. The number of halogens is 1. The van der Waals surface area contributed by atoms with Gasteiger partial charge in [-0.2, -0.15) is 4.98 Å². The van der Waals surface area contributed by atoms with E-state index >= 15 is 0 Å². The predicted molar refractivity (Wildman–Crippen MR) is 129 cm³/mol. The summed E-state index contributed by atoms with van der Waals surface area (Å²) in [7, 11) is -1.17. The Morgan fingerprint density at radius 3 is 2.73 bits per heavy atom. The van der Waals surface area contributed by atoms with Gasteiger partial charge in [0.2, 0.25) is 5.28 Å². The lowest BCUT2D eigenvalue weighted by atomic mass is 9.74. The minimum atomic E-state index is -1.17. The Kier molecular flexibility index (Phi) is 5.79. The molecule has 174 valence electrons. The number of esters is 1. The van der Waals surface area contributed by atoms with Crippen LogP contribution in [0, 0.1) is 0 Å². The maximum absolute atomic E-state index is 12.4. The first-order valence-electron chi connectivity index (χ1n) is 11.6. The average Bonchev–Trinajstić information content (AvgIpc) is 3.26. The van der Waals surface area contributed by atoms with Crippen LogP contribution in [0.5, 0.6) is 0 Å². The van der Waals surface area contributed by atoms with Crippen molar-refractivity contribution in [2.45, 2.75) is 69.6 Å². The molecule has 1 spiro atoms. The van der Waals surface area contributed by atoms with Gasteiger partial charge in [-0.05, 0) is 49.4 Å². The second-order valence-electron chi connectivity index (χ2n) is 10.3. The lowest BCUT2D eigenvalue weighted by Gasteiger charge is -2.36. The van der Waals surface area contributed by atoms with Crippen LogP contribution in [0.2, 0.25) is 31.0 Å². The number of carbonyl (C=O) groups excluding carboxylic acids is 1. The first kappa shape index (κ1) is 22.5. The van der Waals surface area contributed by atoms with E-state index in [1.165, 1.54) is 0 Å². The Balaban J connectivity index is 1.38. The van der Waals surface area contributed by atoms with Crippen LogP contribution in [0.4, 0.5) is 0 Å². The average molecular weight is 485 g/mol. The number of aromatic nitrogens is 4. The highest BCUT2D eigenvalue weighted by molar-refractivity contribution is 6.76. The van der Waals surface area contributed by atoms with Crippen molar-refractivity contribution in [2.75, 3.05) is 6.61 Å². The van der Waals surface area contributed by atoms with E-state index in [0.717, 1.165) is 55.2 Å². The molecule has 0 atom stereocenters. The first-order valence-corrected chi connectivity index (χ1v) is 15.6. The fraction of sp³-hybridized carbons (Fsp3) is 0.500. The Bertz CT molecular complexity index is 1200. The predicted octanol–water partition coefficient (Wildman–Crippen LogP) is 5.52. The van der Waals surface area contributed by atoms with Gasteiger partial charge >= 0.3 is 5.97 Å². The molecule has 0 saturated heterocycles. The molecule has 1 saturated carbocycles. The molecule has 0 radical (unpaired) electrons. The van der Waals surface area contributed by atoms with Crippen LogP contribution in [0.1, 0.15) is 53.3 Å². The van der Waals surface area contributed by atoms with Crippen LogP contribution in [0.3, 0.4) is 0 Å². The van der Waals surface area contributed by atoms with Crippen molar-refractivity contribution in [3.63, 3.8) is 0 Å². The number of hydrogen-bond donors (Lipinski definition) is 0. The Labute approximate surface area is 199 Å². The molecule has 1 aliphatic heterocycles. The second kappa shape index (κ2) is 8.49. The number of imidazole rings is 1. The number of benzene rings is 1. The van der Waals surface area contributed by atoms with Gasteiger partial charge in [0.15, 0.2) is 5.65 Å². The molecule has 7 nitrogen and oxygen atoms in total. The molecule has 0 bridgehead atoms. The van der Waals surface area contributed by atoms with E-state index in [1.54, 1.807) is 6.20 Å². The number of nitrogens with zero attached hydrogens (tertiary/aromatic N) is 4. The Morgan fingerprint density at radius 2 is 1.97 bits per heavy atom. The van der Waals surface area contributed by atoms with Crippen molar-refractivity contribution in [1.29, 1.82) is 0 Å². The van der Waals surface area contributed by atoms with Gasteiger partial charge < -0.3 is 14.0 Å². The molecule has 0 N–H and O–H groups in total. The third-order valence-corrected chi connectivity index (χ3v) is 8.70. The number of fused-ring (bicyclic) bond motifs is 3. The van der Waals surface area contributed by atoms with Crippen molar-refractivity contribution in [2.24, 2.45) is 0 Å². The van der Waals surface area contributed by atoms with Crippen molar-refractivity contribution >= 4 is 36.8 Å². The van der Waals surface area contributed by atoms with Crippen LogP contribution in [-0.4, -0.2) is 40.2 Å². The van der Waals surface area contributed by atoms with Crippen LogP contribution in [0.15, 0.2) is 30.5 Å². The molecule has 3 heterocycles. The van der Waals surface area contributed by atoms with Gasteiger partial charge in [-0.25, -0.2) is 14.8 Å². The Hall–Kier alpha value is -2.29. The summed E-state index contributed by atoms with van der Waals surface area (Å²) in [5, 5.41) is 0.190. The lowest BCUT2D eigenvalue weighted by Crippen LogP contribution is -2.32. The van der Waals surface area contributed by atoms with Crippen molar-refractivity contribution in [1.82, 2.24) is 19.5 Å². The topological polar surface area (TPSA) is 79.1 Å². The fourth-order valence-corrected chi connectivity index (χ4v) is 5.84. The normalized spacial score (nSPS) is 22.7. The Morgan fingerprint density at radius 1 is 1.21 bits per heavy atom. The zero-order valence-corrected chi connectivity index (χ0v) is 21.1. The van der Waals surface area contributed by atoms with E-state index < -0.39 is 13.7 Å². The maximum Gasteiger partial charge on any atom is 0.339 e. The summed E-state index contributed by atoms with van der Waals surface area (Å²) in [5.41, 5.74) is 2.63. The molecule has 3 aromatic rings. The standard InChI is InChI=1S/C24H29ClN4O3Si/c1-33(2,3)13-12-31-15-29-19-14-26-23(25)28-20(19)27-21(29)16-8-10-24(11-9-16)18-7-5-4-6-17(18)22(30)32-24/h4-7,14,16H,8-13,15H2,1-3H3/t16-,24-. The smallest absolute Gasteiger partial charge is 0.339 e. The van der Waals surface area contributed by atoms with Crippen LogP contribution in [0.25, 0.3) is 11.2 Å². The summed E-state index contributed by atoms with van der Waals surface area (Å²) in [4.78, 5) is 25.8. The number of ether oxygens (including phenoxy) is 2. The molecule has 5 rings (SSSR count). The third kappa shape index (κ3) is 4.31. The van der Waals surface area contributed by atoms with E-state index in [2.05, 4.69) is 34.2 Å². The van der Waals surface area contributed by atoms with Crippen LogP contribution < -0.4 is 0 Å². The van der Waals surface area contributed by atoms with Gasteiger partial charge in [0, 0.05) is 26.2 Å². The third-order valence-electron chi connectivity index (χ3n) is 6.81. The fourth-order valence-electron chi connectivity index (χ4n) is 4.95. The largest absolute Gasteiger partial charge is 0.451 e. The molecule has 0 unspecified atom stereocenters. The van der Waals surface area contributed by atoms with Crippen molar-refractivity contribution in [3.05, 3.63) is 52.7 Å². The number of rotatable bonds is 6. The molecule has 2 aromatic heterocycles. The SMILES string of the molecule is C[Si](C)(C)CCOCn1c2cnc(Cl)nc2nc1[C@H]1CC[C@@]2(CC1)OC(=O)c1ccccc12. The van der Waals surface area contributed by atoms with Crippen LogP contribution in [-0.2, 0) is 21.8 Å². The van der Waals surface area contributed by atoms with Gasteiger partial charge in [-0.3, -0.25) is 0 Å². The zero-order chi connectivity index (χ0) is 23.2. The molecule has 0 amide bonds. The van der Waals surface area contributed by atoms with Gasteiger partial charge in [0.1, 0.15) is 23.7 Å². The molecule has 33 heavy (non-hydrogen) atoms. The monoisotopic (exact) mass is 484 g/mol.